The van der Waals surface area contributed by atoms with Gasteiger partial charge in [-0.25, -0.2) is 8.42 Å². The second-order valence-corrected chi connectivity index (χ2v) is 6.87. The number of hydrogen-bond donors (Lipinski definition) is 2. The Bertz CT molecular complexity index is 667. The van der Waals surface area contributed by atoms with Crippen molar-refractivity contribution in [1.29, 1.82) is 0 Å². The van der Waals surface area contributed by atoms with Gasteiger partial charge in [0.05, 0.1) is 5.75 Å². The molecule has 2 N–H and O–H groups in total. The Morgan fingerprint density at radius 2 is 1.52 bits per heavy atom. The van der Waals surface area contributed by atoms with Gasteiger partial charge in [0.2, 0.25) is 10.0 Å². The highest BCUT2D eigenvalue weighted by Gasteiger charge is 2.07. The zero-order valence-electron chi connectivity index (χ0n) is 12.2. The average Bonchev–Trinajstić information content (AvgIpc) is 2.50. The third-order valence-corrected chi connectivity index (χ3v) is 4.53. The van der Waals surface area contributed by atoms with Crippen LogP contribution in [0.5, 0.6) is 0 Å². The first-order valence-electron chi connectivity index (χ1n) is 6.92. The van der Waals surface area contributed by atoms with E-state index in [2.05, 4.69) is 29.1 Å². The Morgan fingerprint density at radius 3 is 2.10 bits per heavy atom. The van der Waals surface area contributed by atoms with Crippen LogP contribution in [-0.2, 0) is 10.0 Å². The second-order valence-electron chi connectivity index (χ2n) is 4.86. The Balaban J connectivity index is 2.03. The zero-order valence-corrected chi connectivity index (χ0v) is 13.0. The molecule has 2 aromatic rings. The van der Waals surface area contributed by atoms with Crippen LogP contribution in [-0.4, -0.2) is 14.2 Å². The van der Waals surface area contributed by atoms with Crippen LogP contribution in [0, 0.1) is 0 Å². The maximum atomic E-state index is 11.5. The monoisotopic (exact) mass is 304 g/mol. The quantitative estimate of drug-likeness (QED) is 0.857. The van der Waals surface area contributed by atoms with Gasteiger partial charge in [0, 0.05) is 17.4 Å². The molecule has 0 spiro atoms. The minimum atomic E-state index is -3.22. The lowest BCUT2D eigenvalue weighted by Gasteiger charge is -2.16. The van der Waals surface area contributed by atoms with Gasteiger partial charge in [-0.15, -0.1) is 0 Å². The summed E-state index contributed by atoms with van der Waals surface area (Å²) >= 11 is 0. The minimum Gasteiger partial charge on any atom is -0.379 e. The summed E-state index contributed by atoms with van der Waals surface area (Å²) in [6.45, 7) is 3.70. The summed E-state index contributed by atoms with van der Waals surface area (Å²) < 4.78 is 25.5. The molecule has 0 amide bonds. The molecular formula is C16H20N2O2S. The van der Waals surface area contributed by atoms with Gasteiger partial charge in [0.25, 0.3) is 0 Å². The number of benzene rings is 2. The second kappa shape index (κ2) is 6.63. The van der Waals surface area contributed by atoms with Crippen molar-refractivity contribution >= 4 is 21.4 Å². The van der Waals surface area contributed by atoms with E-state index in [1.807, 2.05) is 30.3 Å². The number of nitrogens with one attached hydrogen (secondary N) is 2. The van der Waals surface area contributed by atoms with Gasteiger partial charge < -0.3 is 5.32 Å². The van der Waals surface area contributed by atoms with E-state index in [0.29, 0.717) is 5.69 Å². The van der Waals surface area contributed by atoms with E-state index in [-0.39, 0.29) is 11.8 Å². The number of rotatable bonds is 6. The molecule has 4 nitrogen and oxygen atoms in total. The normalized spacial score (nSPS) is 12.7. The first-order chi connectivity index (χ1) is 10.00. The smallest absolute Gasteiger partial charge is 0.232 e. The molecule has 21 heavy (non-hydrogen) atoms. The van der Waals surface area contributed by atoms with Crippen LogP contribution in [0.4, 0.5) is 11.4 Å². The van der Waals surface area contributed by atoms with Crippen molar-refractivity contribution < 1.29 is 8.42 Å². The van der Waals surface area contributed by atoms with Crippen molar-refractivity contribution in [2.45, 2.75) is 19.9 Å². The molecule has 0 saturated carbocycles. The lowest BCUT2D eigenvalue weighted by Crippen LogP contribution is -2.14. The lowest BCUT2D eigenvalue weighted by molar-refractivity contribution is 0.602. The van der Waals surface area contributed by atoms with Gasteiger partial charge in [0.1, 0.15) is 0 Å². The van der Waals surface area contributed by atoms with E-state index < -0.39 is 10.0 Å². The molecule has 0 bridgehead atoms. The van der Waals surface area contributed by atoms with Crippen molar-refractivity contribution in [2.24, 2.45) is 0 Å². The van der Waals surface area contributed by atoms with Crippen LogP contribution < -0.4 is 10.0 Å². The highest BCUT2D eigenvalue weighted by atomic mass is 32.2. The summed E-state index contributed by atoms with van der Waals surface area (Å²) in [5, 5.41) is 3.38. The molecule has 0 saturated heterocycles. The van der Waals surface area contributed by atoms with Crippen LogP contribution >= 0.6 is 0 Å². The molecule has 2 aromatic carbocycles. The predicted molar refractivity (Wildman–Crippen MR) is 88.0 cm³/mol. The molecule has 0 radical (unpaired) electrons. The molecule has 112 valence electrons. The van der Waals surface area contributed by atoms with Crippen LogP contribution in [0.25, 0.3) is 0 Å². The van der Waals surface area contributed by atoms with Crippen LogP contribution in [0.15, 0.2) is 54.6 Å². The number of sulfonamides is 1. The summed E-state index contributed by atoms with van der Waals surface area (Å²) in [5.41, 5.74) is 2.73. The Morgan fingerprint density at radius 1 is 0.952 bits per heavy atom. The third kappa shape index (κ3) is 4.49. The fraction of sp³-hybridized carbons (Fsp3) is 0.250. The van der Waals surface area contributed by atoms with E-state index in [1.165, 1.54) is 5.56 Å². The SMILES string of the molecule is CCS(=O)(=O)Nc1ccc(NC(C)c2ccccc2)cc1. The standard InChI is InChI=1S/C16H20N2O2S/c1-3-21(19,20)18-16-11-9-15(10-12-16)17-13(2)14-7-5-4-6-8-14/h4-13,17-18H,3H2,1-2H3. The van der Waals surface area contributed by atoms with Crippen molar-refractivity contribution in [1.82, 2.24) is 0 Å². The van der Waals surface area contributed by atoms with E-state index in [0.717, 1.165) is 5.69 Å². The molecular weight excluding hydrogens is 284 g/mol. The average molecular weight is 304 g/mol. The van der Waals surface area contributed by atoms with Gasteiger partial charge in [0.15, 0.2) is 0 Å². The molecule has 0 aromatic heterocycles. The first-order valence-corrected chi connectivity index (χ1v) is 8.57. The maximum absolute atomic E-state index is 11.5. The van der Waals surface area contributed by atoms with E-state index >= 15 is 0 Å². The molecule has 2 rings (SSSR count). The largest absolute Gasteiger partial charge is 0.379 e. The molecule has 1 atom stereocenters. The first kappa shape index (κ1) is 15.4. The van der Waals surface area contributed by atoms with Crippen molar-refractivity contribution in [3.63, 3.8) is 0 Å². The summed E-state index contributed by atoms with van der Waals surface area (Å²) in [6, 6.07) is 17.6. The molecule has 1 unspecified atom stereocenters. The molecule has 0 heterocycles. The molecule has 5 heteroatoms. The molecule has 0 aliphatic heterocycles. The summed E-state index contributed by atoms with van der Waals surface area (Å²) in [7, 11) is -3.22. The minimum absolute atomic E-state index is 0.0675. The summed E-state index contributed by atoms with van der Waals surface area (Å²) in [4.78, 5) is 0. The zero-order chi connectivity index (χ0) is 15.3. The van der Waals surface area contributed by atoms with Crippen LogP contribution in [0.3, 0.4) is 0 Å². The van der Waals surface area contributed by atoms with Gasteiger partial charge in [-0.1, -0.05) is 30.3 Å². The van der Waals surface area contributed by atoms with Gasteiger partial charge >= 0.3 is 0 Å². The third-order valence-electron chi connectivity index (χ3n) is 3.22. The van der Waals surface area contributed by atoms with E-state index in [9.17, 15) is 8.42 Å². The maximum Gasteiger partial charge on any atom is 0.232 e. The van der Waals surface area contributed by atoms with Crippen LogP contribution in [0.2, 0.25) is 0 Å². The van der Waals surface area contributed by atoms with Gasteiger partial charge in [-0.05, 0) is 43.7 Å². The van der Waals surface area contributed by atoms with E-state index in [4.69, 9.17) is 0 Å². The molecule has 0 aliphatic rings. The summed E-state index contributed by atoms with van der Waals surface area (Å²) in [5.74, 6) is 0.0675. The van der Waals surface area contributed by atoms with Gasteiger partial charge in [-0.3, -0.25) is 4.72 Å². The Labute approximate surface area is 126 Å². The van der Waals surface area contributed by atoms with Crippen molar-refractivity contribution in [3.8, 4) is 0 Å². The highest BCUT2D eigenvalue weighted by Crippen LogP contribution is 2.21. The topological polar surface area (TPSA) is 58.2 Å². The van der Waals surface area contributed by atoms with Crippen molar-refractivity contribution in [2.75, 3.05) is 15.8 Å². The predicted octanol–water partition coefficient (Wildman–Crippen LogP) is 3.62. The Kier molecular flexibility index (Phi) is 4.85. The van der Waals surface area contributed by atoms with E-state index in [1.54, 1.807) is 19.1 Å². The molecule has 0 aliphatic carbocycles. The summed E-state index contributed by atoms with van der Waals surface area (Å²) in [6.07, 6.45) is 0. The fourth-order valence-electron chi connectivity index (χ4n) is 1.96. The van der Waals surface area contributed by atoms with Crippen molar-refractivity contribution in [3.05, 3.63) is 60.2 Å². The fourth-order valence-corrected chi connectivity index (χ4v) is 2.60. The molecule has 0 fully saturated rings. The van der Waals surface area contributed by atoms with Crippen LogP contribution in [0.1, 0.15) is 25.5 Å². The number of hydrogen-bond acceptors (Lipinski definition) is 3. The van der Waals surface area contributed by atoms with Gasteiger partial charge in [-0.2, -0.15) is 0 Å². The highest BCUT2D eigenvalue weighted by molar-refractivity contribution is 7.92. The lowest BCUT2D eigenvalue weighted by atomic mass is 10.1. The Hall–Kier alpha value is -2.01. The number of anilines is 2.